The van der Waals surface area contributed by atoms with Gasteiger partial charge < -0.3 is 20.6 Å². The Balaban J connectivity index is 1.36. The van der Waals surface area contributed by atoms with Crippen molar-refractivity contribution in [3.05, 3.63) is 57.6 Å². The highest BCUT2D eigenvalue weighted by atomic mass is 35.5. The Hall–Kier alpha value is -2.33. The second-order valence-electron chi connectivity index (χ2n) is 8.02. The zero-order chi connectivity index (χ0) is 24.7. The largest absolute Gasteiger partial charge is 0.505 e. The molecule has 0 unspecified atom stereocenters. The standard InChI is InChI=1S/C23H28Cl2N4O4S/c1-29(12-8-16-4-6-17(7-5-16)23-27-10-11-28-23)21(30)3-2-9-26-15-34(32,33)18-13-19(24)22(31)20(25)14-18/h4-7,13-14,26,31H,2-3,8-12,15H2,1H3,(H,27,28). The number of nitrogens with zero attached hydrogens (tertiary/aromatic N) is 2. The highest BCUT2D eigenvalue weighted by molar-refractivity contribution is 7.91. The Morgan fingerprint density at radius 3 is 2.50 bits per heavy atom. The lowest BCUT2D eigenvalue weighted by Crippen LogP contribution is -2.30. The van der Waals surface area contributed by atoms with Crippen LogP contribution in [0.15, 0.2) is 46.3 Å². The van der Waals surface area contributed by atoms with E-state index in [9.17, 15) is 18.3 Å². The molecule has 1 aliphatic rings. The van der Waals surface area contributed by atoms with Crippen LogP contribution in [0.1, 0.15) is 24.0 Å². The maximum Gasteiger partial charge on any atom is 0.222 e. The summed E-state index contributed by atoms with van der Waals surface area (Å²) >= 11 is 11.6. The van der Waals surface area contributed by atoms with Gasteiger partial charge in [0.15, 0.2) is 15.6 Å². The number of sulfone groups is 1. The molecule has 0 saturated heterocycles. The van der Waals surface area contributed by atoms with Crippen LogP contribution in [0.25, 0.3) is 0 Å². The van der Waals surface area contributed by atoms with E-state index in [1.807, 2.05) is 12.1 Å². The van der Waals surface area contributed by atoms with Crippen molar-refractivity contribution >= 4 is 44.8 Å². The third-order valence-electron chi connectivity index (χ3n) is 5.45. The number of nitrogens with one attached hydrogen (secondary N) is 2. The quantitative estimate of drug-likeness (QED) is 0.388. The van der Waals surface area contributed by atoms with Crippen molar-refractivity contribution in [2.45, 2.75) is 24.2 Å². The first-order valence-corrected chi connectivity index (χ1v) is 13.3. The van der Waals surface area contributed by atoms with Crippen LogP contribution in [0.4, 0.5) is 0 Å². The number of amidine groups is 1. The van der Waals surface area contributed by atoms with Crippen LogP contribution in [-0.4, -0.2) is 69.3 Å². The zero-order valence-electron chi connectivity index (χ0n) is 18.9. The number of phenols is 1. The molecule has 0 spiro atoms. The van der Waals surface area contributed by atoms with E-state index in [1.165, 1.54) is 0 Å². The first-order valence-electron chi connectivity index (χ1n) is 10.9. The minimum Gasteiger partial charge on any atom is -0.505 e. The summed E-state index contributed by atoms with van der Waals surface area (Å²) in [6.45, 7) is 2.63. The van der Waals surface area contributed by atoms with Crippen molar-refractivity contribution in [2.24, 2.45) is 4.99 Å². The van der Waals surface area contributed by atoms with E-state index in [-0.39, 0.29) is 32.5 Å². The monoisotopic (exact) mass is 526 g/mol. The van der Waals surface area contributed by atoms with Gasteiger partial charge in [-0.2, -0.15) is 0 Å². The molecule has 1 amide bonds. The van der Waals surface area contributed by atoms with Crippen LogP contribution in [0.5, 0.6) is 5.75 Å². The fraction of sp³-hybridized carbons (Fsp3) is 0.391. The molecule has 3 N–H and O–H groups in total. The van der Waals surface area contributed by atoms with Crippen LogP contribution in [0.3, 0.4) is 0 Å². The molecule has 0 saturated carbocycles. The van der Waals surface area contributed by atoms with E-state index < -0.39 is 9.84 Å². The summed E-state index contributed by atoms with van der Waals surface area (Å²) in [5.74, 6) is 0.247. The average Bonchev–Trinajstić information content (AvgIpc) is 3.35. The Morgan fingerprint density at radius 1 is 1.21 bits per heavy atom. The first-order chi connectivity index (χ1) is 16.2. The number of likely N-dealkylation sites (N-methyl/N-ethyl adjacent to an activating group) is 1. The molecule has 1 aliphatic heterocycles. The van der Waals surface area contributed by atoms with Crippen molar-refractivity contribution < 1.29 is 18.3 Å². The van der Waals surface area contributed by atoms with Crippen molar-refractivity contribution in [1.29, 1.82) is 0 Å². The van der Waals surface area contributed by atoms with Gasteiger partial charge in [-0.1, -0.05) is 47.5 Å². The number of benzene rings is 2. The normalized spacial score (nSPS) is 13.4. The molecule has 2 aromatic rings. The fourth-order valence-corrected chi connectivity index (χ4v) is 5.20. The molecule has 0 bridgehead atoms. The molecule has 184 valence electrons. The van der Waals surface area contributed by atoms with Gasteiger partial charge in [0, 0.05) is 32.1 Å². The second kappa shape index (κ2) is 11.9. The fourth-order valence-electron chi connectivity index (χ4n) is 3.41. The summed E-state index contributed by atoms with van der Waals surface area (Å²) in [6.07, 6.45) is 1.56. The van der Waals surface area contributed by atoms with Gasteiger partial charge in [0.1, 0.15) is 11.7 Å². The number of phenolic OH excluding ortho intramolecular Hbond substituents is 1. The van der Waals surface area contributed by atoms with E-state index >= 15 is 0 Å². The Bertz CT molecular complexity index is 1130. The summed E-state index contributed by atoms with van der Waals surface area (Å²) in [6, 6.07) is 10.5. The highest BCUT2D eigenvalue weighted by Crippen LogP contribution is 2.34. The summed E-state index contributed by atoms with van der Waals surface area (Å²) < 4.78 is 24.8. The number of aliphatic imine (C=N–C) groups is 1. The Labute approximate surface area is 209 Å². The number of carbonyl (C=O) groups excluding carboxylic acids is 1. The van der Waals surface area contributed by atoms with Crippen molar-refractivity contribution in [2.75, 3.05) is 39.1 Å². The van der Waals surface area contributed by atoms with Crippen LogP contribution in [-0.2, 0) is 21.1 Å². The molecule has 8 nitrogen and oxygen atoms in total. The molecule has 34 heavy (non-hydrogen) atoms. The van der Waals surface area contributed by atoms with Gasteiger partial charge in [-0.3, -0.25) is 9.79 Å². The molecule has 0 radical (unpaired) electrons. The highest BCUT2D eigenvalue weighted by Gasteiger charge is 2.18. The van der Waals surface area contributed by atoms with E-state index in [0.29, 0.717) is 25.9 Å². The maximum absolute atomic E-state index is 12.4. The van der Waals surface area contributed by atoms with Crippen LogP contribution in [0, 0.1) is 0 Å². The van der Waals surface area contributed by atoms with Crippen molar-refractivity contribution in [3.8, 4) is 5.75 Å². The third-order valence-corrected chi connectivity index (χ3v) is 7.56. The minimum absolute atomic E-state index is 0.00267. The summed E-state index contributed by atoms with van der Waals surface area (Å²) in [5.41, 5.74) is 2.21. The number of aromatic hydroxyl groups is 1. The number of carbonyl (C=O) groups is 1. The summed E-state index contributed by atoms with van der Waals surface area (Å²) in [5, 5.41) is 15.4. The average molecular weight is 527 g/mol. The third kappa shape index (κ3) is 7.09. The number of halogens is 2. The number of hydrogen-bond donors (Lipinski definition) is 3. The van der Waals surface area contributed by atoms with Gasteiger partial charge >= 0.3 is 0 Å². The molecule has 2 aromatic carbocycles. The molecular formula is C23H28Cl2N4O4S. The van der Waals surface area contributed by atoms with E-state index in [2.05, 4.69) is 27.8 Å². The Morgan fingerprint density at radius 2 is 1.88 bits per heavy atom. The van der Waals surface area contributed by atoms with Gasteiger partial charge in [-0.25, -0.2) is 8.42 Å². The second-order valence-corrected chi connectivity index (χ2v) is 10.8. The predicted molar refractivity (Wildman–Crippen MR) is 135 cm³/mol. The molecule has 11 heteroatoms. The Kier molecular flexibility index (Phi) is 9.18. The van der Waals surface area contributed by atoms with E-state index in [1.54, 1.807) is 11.9 Å². The molecular weight excluding hydrogens is 499 g/mol. The van der Waals surface area contributed by atoms with Crippen LogP contribution >= 0.6 is 23.2 Å². The van der Waals surface area contributed by atoms with E-state index in [0.717, 1.165) is 48.6 Å². The lowest BCUT2D eigenvalue weighted by molar-refractivity contribution is -0.129. The SMILES string of the molecule is CN(CCc1ccc(C2=NCCN2)cc1)C(=O)CCCNCS(=O)(=O)c1cc(Cl)c(O)c(Cl)c1. The lowest BCUT2D eigenvalue weighted by atomic mass is 10.1. The zero-order valence-corrected chi connectivity index (χ0v) is 21.2. The molecule has 0 aromatic heterocycles. The first kappa shape index (κ1) is 26.3. The minimum atomic E-state index is -3.68. The van der Waals surface area contributed by atoms with Crippen molar-refractivity contribution in [3.63, 3.8) is 0 Å². The van der Waals surface area contributed by atoms with E-state index in [4.69, 9.17) is 23.2 Å². The lowest BCUT2D eigenvalue weighted by Gasteiger charge is -2.17. The van der Waals surface area contributed by atoms with Gasteiger partial charge in [0.05, 0.1) is 21.5 Å². The summed E-state index contributed by atoms with van der Waals surface area (Å²) in [7, 11) is -1.92. The predicted octanol–water partition coefficient (Wildman–Crippen LogP) is 2.85. The van der Waals surface area contributed by atoms with Gasteiger partial charge in [0.2, 0.25) is 5.91 Å². The van der Waals surface area contributed by atoms with Crippen molar-refractivity contribution in [1.82, 2.24) is 15.5 Å². The maximum atomic E-state index is 12.4. The number of amides is 1. The topological polar surface area (TPSA) is 111 Å². The number of hydrogen-bond acceptors (Lipinski definition) is 7. The molecule has 0 aliphatic carbocycles. The smallest absolute Gasteiger partial charge is 0.222 e. The van der Waals surface area contributed by atoms with Gasteiger partial charge in [-0.05, 0) is 37.1 Å². The van der Waals surface area contributed by atoms with Crippen LogP contribution in [0.2, 0.25) is 10.0 Å². The van der Waals surface area contributed by atoms with Gasteiger partial charge in [0.25, 0.3) is 0 Å². The van der Waals surface area contributed by atoms with Gasteiger partial charge in [-0.15, -0.1) is 0 Å². The van der Waals surface area contributed by atoms with Crippen LogP contribution < -0.4 is 10.6 Å². The molecule has 1 heterocycles. The molecule has 0 atom stereocenters. The number of rotatable bonds is 11. The molecule has 0 fully saturated rings. The molecule has 3 rings (SSSR count). The summed E-state index contributed by atoms with van der Waals surface area (Å²) in [4.78, 5) is 18.4.